The Bertz CT molecular complexity index is 643. The van der Waals surface area contributed by atoms with Gasteiger partial charge in [0, 0.05) is 18.8 Å². The Morgan fingerprint density at radius 1 is 1.17 bits per heavy atom. The van der Waals surface area contributed by atoms with Crippen LogP contribution < -0.4 is 10.1 Å². The lowest BCUT2D eigenvalue weighted by atomic mass is 10.2. The molecule has 0 radical (unpaired) electrons. The third-order valence-electron chi connectivity index (χ3n) is 3.80. The number of likely N-dealkylation sites (tertiary alicyclic amines) is 1. The van der Waals surface area contributed by atoms with E-state index in [1.807, 2.05) is 54.6 Å². The van der Waals surface area contributed by atoms with Crippen molar-refractivity contribution in [1.29, 1.82) is 0 Å². The molecule has 23 heavy (non-hydrogen) atoms. The summed E-state index contributed by atoms with van der Waals surface area (Å²) in [6.07, 6.45) is 0.238. The first-order valence-electron chi connectivity index (χ1n) is 7.71. The quantitative estimate of drug-likeness (QED) is 0.912. The van der Waals surface area contributed by atoms with E-state index in [9.17, 15) is 9.90 Å². The Morgan fingerprint density at radius 2 is 1.91 bits per heavy atom. The van der Waals surface area contributed by atoms with E-state index < -0.39 is 6.10 Å². The highest BCUT2D eigenvalue weighted by molar-refractivity contribution is 5.89. The van der Waals surface area contributed by atoms with Crippen LogP contribution in [0.3, 0.4) is 0 Å². The molecule has 1 heterocycles. The maximum atomic E-state index is 12.0. The van der Waals surface area contributed by atoms with Gasteiger partial charge in [0.15, 0.2) is 0 Å². The van der Waals surface area contributed by atoms with Gasteiger partial charge in [0.1, 0.15) is 12.4 Å². The van der Waals surface area contributed by atoms with Crippen molar-refractivity contribution < 1.29 is 14.6 Å². The fourth-order valence-electron chi connectivity index (χ4n) is 2.50. The largest absolute Gasteiger partial charge is 0.489 e. The average molecular weight is 312 g/mol. The zero-order chi connectivity index (χ0) is 16.1. The molecule has 2 aromatic carbocycles. The molecule has 1 fully saturated rings. The van der Waals surface area contributed by atoms with Gasteiger partial charge in [0.05, 0.1) is 6.10 Å². The van der Waals surface area contributed by atoms with E-state index in [1.165, 1.54) is 0 Å². The molecule has 1 saturated heterocycles. The van der Waals surface area contributed by atoms with Crippen LogP contribution in [0.25, 0.3) is 0 Å². The number of carbonyl (C=O) groups is 1. The van der Waals surface area contributed by atoms with E-state index in [-0.39, 0.29) is 6.03 Å². The van der Waals surface area contributed by atoms with Crippen molar-refractivity contribution in [3.63, 3.8) is 0 Å². The van der Waals surface area contributed by atoms with Crippen molar-refractivity contribution in [2.24, 2.45) is 0 Å². The molecule has 0 saturated carbocycles. The molecule has 0 aliphatic carbocycles. The van der Waals surface area contributed by atoms with Gasteiger partial charge in [-0.25, -0.2) is 4.79 Å². The summed E-state index contributed by atoms with van der Waals surface area (Å²) in [5, 5.41) is 12.3. The number of aliphatic hydroxyl groups is 1. The van der Waals surface area contributed by atoms with Crippen molar-refractivity contribution in [3.05, 3.63) is 60.2 Å². The predicted molar refractivity (Wildman–Crippen MR) is 88.4 cm³/mol. The molecule has 3 rings (SSSR count). The summed E-state index contributed by atoms with van der Waals surface area (Å²) in [4.78, 5) is 13.7. The Balaban J connectivity index is 1.51. The van der Waals surface area contributed by atoms with Crippen LogP contribution in [-0.2, 0) is 6.61 Å². The Labute approximate surface area is 135 Å². The van der Waals surface area contributed by atoms with Gasteiger partial charge in [-0.2, -0.15) is 0 Å². The lowest BCUT2D eigenvalue weighted by Crippen LogP contribution is -2.33. The van der Waals surface area contributed by atoms with E-state index in [0.29, 0.717) is 26.1 Å². The first-order chi connectivity index (χ1) is 11.2. The smallest absolute Gasteiger partial charge is 0.321 e. The summed E-state index contributed by atoms with van der Waals surface area (Å²) in [5.41, 5.74) is 1.77. The highest BCUT2D eigenvalue weighted by Gasteiger charge is 2.24. The second-order valence-electron chi connectivity index (χ2n) is 5.62. The fraction of sp³-hybridized carbons (Fsp3) is 0.278. The number of nitrogens with zero attached hydrogens (tertiary/aromatic N) is 1. The lowest BCUT2D eigenvalue weighted by Gasteiger charge is -2.16. The Hall–Kier alpha value is -2.53. The number of rotatable bonds is 4. The van der Waals surface area contributed by atoms with Crippen molar-refractivity contribution in [2.45, 2.75) is 19.1 Å². The van der Waals surface area contributed by atoms with E-state index in [4.69, 9.17) is 4.74 Å². The van der Waals surface area contributed by atoms with Crippen LogP contribution in [0.15, 0.2) is 54.6 Å². The number of hydrogen-bond donors (Lipinski definition) is 2. The van der Waals surface area contributed by atoms with Crippen LogP contribution in [0, 0.1) is 0 Å². The molecular formula is C18H20N2O3. The molecule has 0 aromatic heterocycles. The monoisotopic (exact) mass is 312 g/mol. The van der Waals surface area contributed by atoms with Crippen molar-refractivity contribution in [3.8, 4) is 5.75 Å². The summed E-state index contributed by atoms with van der Waals surface area (Å²) >= 11 is 0. The summed E-state index contributed by atoms with van der Waals surface area (Å²) in [6, 6.07) is 17.0. The number of ether oxygens (including phenoxy) is 1. The number of nitrogens with one attached hydrogen (secondary N) is 1. The number of hydrogen-bond acceptors (Lipinski definition) is 3. The molecule has 0 spiro atoms. The van der Waals surface area contributed by atoms with Gasteiger partial charge < -0.3 is 20.1 Å². The van der Waals surface area contributed by atoms with Crippen LogP contribution in [0.1, 0.15) is 12.0 Å². The third kappa shape index (κ3) is 4.23. The molecule has 1 aliphatic heterocycles. The number of carbonyl (C=O) groups excluding carboxylic acids is 1. The molecular weight excluding hydrogens is 292 g/mol. The summed E-state index contributed by atoms with van der Waals surface area (Å²) in [6.45, 7) is 1.47. The van der Waals surface area contributed by atoms with E-state index in [1.54, 1.807) is 4.90 Å². The molecule has 120 valence electrons. The zero-order valence-electron chi connectivity index (χ0n) is 12.8. The Morgan fingerprint density at radius 3 is 2.57 bits per heavy atom. The number of benzene rings is 2. The minimum atomic E-state index is -0.404. The van der Waals surface area contributed by atoms with Crippen molar-refractivity contribution in [2.75, 3.05) is 18.4 Å². The minimum absolute atomic E-state index is 0.171. The van der Waals surface area contributed by atoms with Crippen LogP contribution in [0.4, 0.5) is 10.5 Å². The number of anilines is 1. The second-order valence-corrected chi connectivity index (χ2v) is 5.62. The summed E-state index contributed by atoms with van der Waals surface area (Å²) in [7, 11) is 0. The van der Waals surface area contributed by atoms with Gasteiger partial charge in [0.25, 0.3) is 0 Å². The van der Waals surface area contributed by atoms with Crippen LogP contribution in [-0.4, -0.2) is 35.2 Å². The van der Waals surface area contributed by atoms with Gasteiger partial charge in [-0.1, -0.05) is 30.3 Å². The topological polar surface area (TPSA) is 61.8 Å². The van der Waals surface area contributed by atoms with Crippen molar-refractivity contribution >= 4 is 11.7 Å². The SMILES string of the molecule is O=C(Nc1ccc(COc2ccccc2)cc1)N1CC[C@H](O)C1. The van der Waals surface area contributed by atoms with Crippen LogP contribution in [0.2, 0.25) is 0 Å². The first-order valence-corrected chi connectivity index (χ1v) is 7.71. The van der Waals surface area contributed by atoms with E-state index >= 15 is 0 Å². The van der Waals surface area contributed by atoms with Gasteiger partial charge in [-0.05, 0) is 36.2 Å². The van der Waals surface area contributed by atoms with E-state index in [0.717, 1.165) is 17.0 Å². The third-order valence-corrected chi connectivity index (χ3v) is 3.80. The number of amides is 2. The number of urea groups is 1. The molecule has 1 atom stereocenters. The molecule has 0 bridgehead atoms. The number of para-hydroxylation sites is 1. The maximum absolute atomic E-state index is 12.0. The van der Waals surface area contributed by atoms with Gasteiger partial charge in [0.2, 0.25) is 0 Å². The summed E-state index contributed by atoms with van der Waals surface area (Å²) < 4.78 is 5.68. The van der Waals surface area contributed by atoms with Crippen LogP contribution >= 0.6 is 0 Å². The molecule has 2 aromatic rings. The second kappa shape index (κ2) is 7.15. The highest BCUT2D eigenvalue weighted by atomic mass is 16.5. The minimum Gasteiger partial charge on any atom is -0.489 e. The maximum Gasteiger partial charge on any atom is 0.321 e. The molecule has 2 N–H and O–H groups in total. The van der Waals surface area contributed by atoms with Crippen molar-refractivity contribution in [1.82, 2.24) is 4.90 Å². The zero-order valence-corrected chi connectivity index (χ0v) is 12.8. The van der Waals surface area contributed by atoms with Crippen LogP contribution in [0.5, 0.6) is 5.75 Å². The number of β-amino-alcohol motifs (C(OH)–C–C–N with tert-alkyl or cyclic N) is 1. The molecule has 1 aliphatic rings. The average Bonchev–Trinajstić information content (AvgIpc) is 3.02. The predicted octanol–water partition coefficient (Wildman–Crippen LogP) is 2.86. The first kappa shape index (κ1) is 15.4. The highest BCUT2D eigenvalue weighted by Crippen LogP contribution is 2.16. The van der Waals surface area contributed by atoms with E-state index in [2.05, 4.69) is 5.32 Å². The molecule has 5 heteroatoms. The van der Waals surface area contributed by atoms with Gasteiger partial charge in [-0.15, -0.1) is 0 Å². The number of aliphatic hydroxyl groups excluding tert-OH is 1. The normalized spacial score (nSPS) is 17.1. The fourth-order valence-corrected chi connectivity index (χ4v) is 2.50. The molecule has 5 nitrogen and oxygen atoms in total. The lowest BCUT2D eigenvalue weighted by molar-refractivity contribution is 0.176. The van der Waals surface area contributed by atoms with Gasteiger partial charge >= 0.3 is 6.03 Å². The standard InChI is InChI=1S/C18H20N2O3/c21-16-10-11-20(12-16)18(22)19-15-8-6-14(7-9-15)13-23-17-4-2-1-3-5-17/h1-9,16,21H,10-13H2,(H,19,22)/t16-/m0/s1. The van der Waals surface area contributed by atoms with Gasteiger partial charge in [-0.3, -0.25) is 0 Å². The molecule has 2 amide bonds. The Kier molecular flexibility index (Phi) is 4.78. The molecule has 0 unspecified atom stereocenters. The summed E-state index contributed by atoms with van der Waals surface area (Å²) in [5.74, 6) is 0.831.